The Balaban J connectivity index is 1.25. The molecule has 3 fully saturated rings. The normalized spacial score (nSPS) is 24.0. The van der Waals surface area contributed by atoms with Crippen LogP contribution in [0.25, 0.3) is 0 Å². The Morgan fingerprint density at radius 3 is 2.23 bits per heavy atom. The van der Waals surface area contributed by atoms with Crippen molar-refractivity contribution in [3.05, 3.63) is 63.1 Å². The molecule has 0 spiro atoms. The highest BCUT2D eigenvalue weighted by Gasteiger charge is 2.44. The number of carbonyl (C=O) groups is 3. The second-order valence-electron chi connectivity index (χ2n) is 14.1. The van der Waals surface area contributed by atoms with E-state index >= 15 is 0 Å². The maximum atomic E-state index is 14.6. The molecule has 0 radical (unpaired) electrons. The van der Waals surface area contributed by atoms with Gasteiger partial charge in [-0.3, -0.25) is 4.79 Å². The number of para-hydroxylation sites is 1. The van der Waals surface area contributed by atoms with Gasteiger partial charge in [-0.1, -0.05) is 41.4 Å². The number of hydrogen-bond acceptors (Lipinski definition) is 4. The minimum atomic E-state index is -1.04. The summed E-state index contributed by atoms with van der Waals surface area (Å²) in [6, 6.07) is 10.5. The molecule has 4 amide bonds. The van der Waals surface area contributed by atoms with Crippen LogP contribution in [0.1, 0.15) is 55.2 Å². The number of carbonyl (C=O) groups excluding carboxylic acids is 2. The van der Waals surface area contributed by atoms with Crippen LogP contribution in [0.15, 0.2) is 36.4 Å². The van der Waals surface area contributed by atoms with Crippen molar-refractivity contribution in [3.63, 3.8) is 0 Å². The van der Waals surface area contributed by atoms with Crippen LogP contribution in [-0.2, 0) is 17.6 Å². The Hall–Kier alpha value is -3.01. The number of nitrogens with one attached hydrogen (secondary N) is 1. The van der Waals surface area contributed by atoms with E-state index in [4.69, 9.17) is 23.2 Å². The Labute approximate surface area is 288 Å². The van der Waals surface area contributed by atoms with Gasteiger partial charge in [0.25, 0.3) is 0 Å². The van der Waals surface area contributed by atoms with Gasteiger partial charge in [0.1, 0.15) is 0 Å². The molecule has 6 rings (SSSR count). The van der Waals surface area contributed by atoms with Crippen LogP contribution in [-0.4, -0.2) is 101 Å². The van der Waals surface area contributed by atoms with Gasteiger partial charge in [0.05, 0.1) is 5.92 Å². The van der Waals surface area contributed by atoms with Gasteiger partial charge >= 0.3 is 12.1 Å². The summed E-state index contributed by atoms with van der Waals surface area (Å²) in [7, 11) is 2.18. The number of urea groups is 1. The largest absolute Gasteiger partial charge is 0.465 e. The quantitative estimate of drug-likeness (QED) is 0.356. The SMILES string of the molecule is Cc1c(Cl)cc(CC(C(=O)N2CCC(C3CCN(C)CC3)CC2)[C@H]2CC(N3CCc4ccccc4NC3=O)CCN2C(=O)O)cc1Cl. The third kappa shape index (κ3) is 7.52. The molecule has 0 aliphatic carbocycles. The highest BCUT2D eigenvalue weighted by atomic mass is 35.5. The standard InChI is InChI=1S/C36H47Cl2N5O4/c1-23-30(37)20-24(21-31(23)38)19-29(34(44)41-15-9-26(10-16-41)25-7-13-40(2)14-8-25)33-22-28(12-18-43(33)36(46)47)42-17-11-27-5-3-4-6-32(27)39-35(42)45/h3-6,20-21,25-26,28-29,33H,7-19,22H2,1-2H3,(H,39,45)(H,46,47)/t28?,29?,33-/m1/s1. The molecule has 47 heavy (non-hydrogen) atoms. The van der Waals surface area contributed by atoms with Crippen molar-refractivity contribution in [2.24, 2.45) is 17.8 Å². The molecule has 4 aliphatic rings. The van der Waals surface area contributed by atoms with Gasteiger partial charge < -0.3 is 30.0 Å². The van der Waals surface area contributed by atoms with E-state index in [0.29, 0.717) is 67.2 Å². The molecule has 3 saturated heterocycles. The van der Waals surface area contributed by atoms with Gasteiger partial charge in [-0.05, 0) is 125 Å². The van der Waals surface area contributed by atoms with Crippen molar-refractivity contribution in [3.8, 4) is 0 Å². The lowest BCUT2D eigenvalue weighted by Crippen LogP contribution is -2.59. The number of hydrogen-bond donors (Lipinski definition) is 2. The summed E-state index contributed by atoms with van der Waals surface area (Å²) in [4.78, 5) is 48.5. The number of carboxylic acid groups (broad SMARTS) is 1. The van der Waals surface area contributed by atoms with Crippen LogP contribution in [0.3, 0.4) is 0 Å². The first-order valence-corrected chi connectivity index (χ1v) is 17.9. The van der Waals surface area contributed by atoms with Crippen LogP contribution in [0.5, 0.6) is 0 Å². The van der Waals surface area contributed by atoms with Crippen molar-refractivity contribution in [2.75, 3.05) is 51.6 Å². The first-order chi connectivity index (χ1) is 22.6. The van der Waals surface area contributed by atoms with E-state index in [2.05, 4.69) is 17.3 Å². The van der Waals surface area contributed by atoms with E-state index in [0.717, 1.165) is 48.3 Å². The van der Waals surface area contributed by atoms with Gasteiger partial charge in [0, 0.05) is 54.0 Å². The Morgan fingerprint density at radius 2 is 1.57 bits per heavy atom. The minimum Gasteiger partial charge on any atom is -0.465 e. The Kier molecular flexibility index (Phi) is 10.5. The number of nitrogens with zero attached hydrogens (tertiary/aromatic N) is 4. The van der Waals surface area contributed by atoms with E-state index in [-0.39, 0.29) is 24.5 Å². The number of anilines is 1. The average Bonchev–Trinajstić information content (AvgIpc) is 3.24. The number of likely N-dealkylation sites (tertiary alicyclic amines) is 3. The van der Waals surface area contributed by atoms with Crippen molar-refractivity contribution < 1.29 is 19.5 Å². The number of halogens is 2. The molecule has 2 N–H and O–H groups in total. The number of benzene rings is 2. The van der Waals surface area contributed by atoms with E-state index in [1.807, 2.05) is 53.1 Å². The molecule has 4 heterocycles. The fourth-order valence-corrected chi connectivity index (χ4v) is 8.93. The zero-order valence-corrected chi connectivity index (χ0v) is 29.0. The monoisotopic (exact) mass is 683 g/mol. The van der Waals surface area contributed by atoms with Crippen LogP contribution < -0.4 is 5.32 Å². The van der Waals surface area contributed by atoms with Crippen molar-refractivity contribution in [1.29, 1.82) is 0 Å². The second kappa shape index (κ2) is 14.6. The first kappa shape index (κ1) is 33.9. The van der Waals surface area contributed by atoms with E-state index < -0.39 is 18.1 Å². The molecule has 2 aromatic carbocycles. The molecule has 11 heteroatoms. The Morgan fingerprint density at radius 1 is 0.936 bits per heavy atom. The lowest BCUT2D eigenvalue weighted by atomic mass is 9.78. The summed E-state index contributed by atoms with van der Waals surface area (Å²) in [5.41, 5.74) is 3.46. The summed E-state index contributed by atoms with van der Waals surface area (Å²) in [5.74, 6) is 0.643. The average molecular weight is 685 g/mol. The molecule has 2 aromatic rings. The van der Waals surface area contributed by atoms with E-state index in [9.17, 15) is 19.5 Å². The summed E-state index contributed by atoms with van der Waals surface area (Å²) in [6.45, 7) is 6.24. The highest BCUT2D eigenvalue weighted by molar-refractivity contribution is 6.36. The highest BCUT2D eigenvalue weighted by Crippen LogP contribution is 2.36. The van der Waals surface area contributed by atoms with Gasteiger partial charge in [-0.2, -0.15) is 0 Å². The lowest BCUT2D eigenvalue weighted by Gasteiger charge is -2.46. The second-order valence-corrected chi connectivity index (χ2v) is 14.9. The van der Waals surface area contributed by atoms with Crippen molar-refractivity contribution in [1.82, 2.24) is 19.6 Å². The predicted octanol–water partition coefficient (Wildman–Crippen LogP) is 6.64. The summed E-state index contributed by atoms with van der Waals surface area (Å²) < 4.78 is 0. The third-order valence-electron chi connectivity index (χ3n) is 11.3. The van der Waals surface area contributed by atoms with Gasteiger partial charge in [-0.15, -0.1) is 0 Å². The van der Waals surface area contributed by atoms with Crippen LogP contribution in [0.4, 0.5) is 15.3 Å². The molecule has 4 aliphatic heterocycles. The molecule has 0 bridgehead atoms. The first-order valence-electron chi connectivity index (χ1n) is 17.2. The molecule has 254 valence electrons. The molecular weight excluding hydrogens is 637 g/mol. The topological polar surface area (TPSA) is 96.4 Å². The number of rotatable bonds is 6. The maximum absolute atomic E-state index is 14.6. The van der Waals surface area contributed by atoms with E-state index in [1.165, 1.54) is 17.7 Å². The minimum absolute atomic E-state index is 0.0238. The van der Waals surface area contributed by atoms with Crippen molar-refractivity contribution in [2.45, 2.75) is 70.4 Å². The smallest absolute Gasteiger partial charge is 0.407 e. The summed E-state index contributed by atoms with van der Waals surface area (Å²) in [6.07, 6.45) is 5.22. The zero-order chi connectivity index (χ0) is 33.2. The third-order valence-corrected chi connectivity index (χ3v) is 12.1. The number of piperidine rings is 3. The fourth-order valence-electron chi connectivity index (χ4n) is 8.40. The zero-order valence-electron chi connectivity index (χ0n) is 27.5. The molecule has 0 saturated carbocycles. The molecule has 2 unspecified atom stereocenters. The van der Waals surface area contributed by atoms with Crippen LogP contribution in [0.2, 0.25) is 10.0 Å². The van der Waals surface area contributed by atoms with Crippen LogP contribution in [0, 0.1) is 24.7 Å². The predicted molar refractivity (Wildman–Crippen MR) is 185 cm³/mol. The number of amides is 4. The molecule has 9 nitrogen and oxygen atoms in total. The maximum Gasteiger partial charge on any atom is 0.407 e. The fraction of sp³-hybridized carbons (Fsp3) is 0.583. The van der Waals surface area contributed by atoms with Crippen molar-refractivity contribution >= 4 is 46.9 Å². The van der Waals surface area contributed by atoms with E-state index in [1.54, 1.807) is 0 Å². The molecule has 3 atom stereocenters. The summed E-state index contributed by atoms with van der Waals surface area (Å²) >= 11 is 13.1. The molecular formula is C36H47Cl2N5O4. The summed E-state index contributed by atoms with van der Waals surface area (Å²) in [5, 5.41) is 14.5. The van der Waals surface area contributed by atoms with Gasteiger partial charge in [0.2, 0.25) is 5.91 Å². The number of fused-ring (bicyclic) bond motifs is 1. The Bertz CT molecular complexity index is 1450. The molecule has 0 aromatic heterocycles. The lowest BCUT2D eigenvalue weighted by molar-refractivity contribution is -0.140. The van der Waals surface area contributed by atoms with Gasteiger partial charge in [-0.25, -0.2) is 9.59 Å². The van der Waals surface area contributed by atoms with Crippen LogP contribution >= 0.6 is 23.2 Å². The van der Waals surface area contributed by atoms with Gasteiger partial charge in [0.15, 0.2) is 0 Å².